The van der Waals surface area contributed by atoms with Crippen LogP contribution in [0, 0.1) is 17.1 Å². The number of nitrogens with zero attached hydrogens (tertiary/aromatic N) is 3. The summed E-state index contributed by atoms with van der Waals surface area (Å²) in [5.41, 5.74) is 0.322. The van der Waals surface area contributed by atoms with Gasteiger partial charge in [-0.1, -0.05) is 36.7 Å². The van der Waals surface area contributed by atoms with Crippen LogP contribution in [-0.4, -0.2) is 24.2 Å². The fourth-order valence-electron chi connectivity index (χ4n) is 1.64. The van der Waals surface area contributed by atoms with Crippen LogP contribution < -0.4 is 0 Å². The number of aromatic nitrogens is 1. The quantitative estimate of drug-likeness (QED) is 0.831. The molecule has 0 radical (unpaired) electrons. The van der Waals surface area contributed by atoms with Crippen molar-refractivity contribution < 1.29 is 8.91 Å². The summed E-state index contributed by atoms with van der Waals surface area (Å²) in [6.07, 6.45) is 3.29. The van der Waals surface area contributed by atoms with Gasteiger partial charge in [-0.2, -0.15) is 5.26 Å². The third-order valence-corrected chi connectivity index (χ3v) is 2.87. The van der Waals surface area contributed by atoms with Gasteiger partial charge in [-0.05, 0) is 12.1 Å². The standard InChI is InChI=1S/C14H11ClFN3O.C2H6/c1-19(2)7-6-12-9(8-17)14(18-20-12)13-10(15)4-3-5-11(13)16;1-2/h3-7H,1-2H3;1-2H3/b7-6+;. The molecule has 0 bridgehead atoms. The molecular formula is C16H17ClFN3O. The number of hydrogen-bond acceptors (Lipinski definition) is 4. The Hall–Kier alpha value is -2.32. The predicted octanol–water partition coefficient (Wildman–Crippen LogP) is 4.56. The molecule has 0 saturated heterocycles. The van der Waals surface area contributed by atoms with E-state index in [0.29, 0.717) is 0 Å². The van der Waals surface area contributed by atoms with E-state index >= 15 is 0 Å². The fourth-order valence-corrected chi connectivity index (χ4v) is 1.89. The summed E-state index contributed by atoms with van der Waals surface area (Å²) in [7, 11) is 3.65. The van der Waals surface area contributed by atoms with Gasteiger partial charge in [0.25, 0.3) is 0 Å². The normalized spacial score (nSPS) is 10.0. The summed E-state index contributed by atoms with van der Waals surface area (Å²) < 4.78 is 19.0. The van der Waals surface area contributed by atoms with Crippen LogP contribution in [0.4, 0.5) is 4.39 Å². The molecule has 22 heavy (non-hydrogen) atoms. The summed E-state index contributed by atoms with van der Waals surface area (Å²) in [5.74, 6) is -0.291. The summed E-state index contributed by atoms with van der Waals surface area (Å²) in [6, 6.07) is 6.24. The van der Waals surface area contributed by atoms with Crippen LogP contribution in [0.25, 0.3) is 17.3 Å². The van der Waals surface area contributed by atoms with Crippen LogP contribution in [-0.2, 0) is 0 Å². The van der Waals surface area contributed by atoms with Gasteiger partial charge in [0.05, 0.1) is 10.6 Å². The average Bonchev–Trinajstić information content (AvgIpc) is 2.89. The van der Waals surface area contributed by atoms with Crippen molar-refractivity contribution in [3.05, 3.63) is 46.6 Å². The Kier molecular flexibility index (Phi) is 6.61. The highest BCUT2D eigenvalue weighted by molar-refractivity contribution is 6.33. The fraction of sp³-hybridized carbons (Fsp3) is 0.250. The topological polar surface area (TPSA) is 53.1 Å². The van der Waals surface area contributed by atoms with Crippen molar-refractivity contribution in [1.29, 1.82) is 5.26 Å². The Morgan fingerprint density at radius 3 is 2.59 bits per heavy atom. The lowest BCUT2D eigenvalue weighted by Crippen LogP contribution is -1.99. The largest absolute Gasteiger partial charge is 0.383 e. The highest BCUT2D eigenvalue weighted by atomic mass is 35.5. The van der Waals surface area contributed by atoms with E-state index in [9.17, 15) is 9.65 Å². The van der Waals surface area contributed by atoms with E-state index in [2.05, 4.69) is 5.16 Å². The number of benzene rings is 1. The molecule has 0 spiro atoms. The molecule has 0 N–H and O–H groups in total. The maximum Gasteiger partial charge on any atom is 0.179 e. The number of halogens is 2. The average molecular weight is 322 g/mol. The van der Waals surface area contributed by atoms with Crippen LogP contribution in [0.1, 0.15) is 25.2 Å². The number of rotatable bonds is 3. The minimum Gasteiger partial charge on any atom is -0.383 e. The van der Waals surface area contributed by atoms with Crippen molar-refractivity contribution in [2.75, 3.05) is 14.1 Å². The maximum atomic E-state index is 13.9. The first-order valence-corrected chi connectivity index (χ1v) is 7.11. The van der Waals surface area contributed by atoms with Gasteiger partial charge in [0, 0.05) is 26.4 Å². The number of nitriles is 1. The lowest BCUT2D eigenvalue weighted by Gasteiger charge is -2.02. The van der Waals surface area contributed by atoms with Crippen LogP contribution >= 0.6 is 11.6 Å². The first-order valence-electron chi connectivity index (χ1n) is 6.73. The minimum atomic E-state index is -0.551. The van der Waals surface area contributed by atoms with E-state index in [-0.39, 0.29) is 27.6 Å². The Balaban J connectivity index is 0.00000116. The minimum absolute atomic E-state index is 0.0685. The molecule has 2 aromatic rings. The first-order chi connectivity index (χ1) is 10.5. The van der Waals surface area contributed by atoms with Crippen molar-refractivity contribution >= 4 is 17.7 Å². The summed E-state index contributed by atoms with van der Waals surface area (Å²) in [5, 5.41) is 13.2. The molecular weight excluding hydrogens is 305 g/mol. The predicted molar refractivity (Wildman–Crippen MR) is 85.7 cm³/mol. The molecule has 0 aliphatic carbocycles. The second-order valence-electron chi connectivity index (χ2n) is 4.26. The Morgan fingerprint density at radius 1 is 1.36 bits per heavy atom. The zero-order chi connectivity index (χ0) is 16.7. The zero-order valence-corrected chi connectivity index (χ0v) is 13.6. The first kappa shape index (κ1) is 17.7. The van der Waals surface area contributed by atoms with Gasteiger partial charge in [0.1, 0.15) is 23.1 Å². The molecule has 6 heteroatoms. The lowest BCUT2D eigenvalue weighted by molar-refractivity contribution is 0.413. The molecule has 0 atom stereocenters. The Morgan fingerprint density at radius 2 is 2.05 bits per heavy atom. The SMILES string of the molecule is CC.CN(C)/C=C/c1onc(-c2c(F)cccc2Cl)c1C#N. The van der Waals surface area contributed by atoms with Crippen LogP contribution in [0.5, 0.6) is 0 Å². The third kappa shape index (κ3) is 3.86. The molecule has 116 valence electrons. The smallest absolute Gasteiger partial charge is 0.179 e. The molecule has 1 heterocycles. The van der Waals surface area contributed by atoms with Crippen LogP contribution in [0.2, 0.25) is 5.02 Å². The van der Waals surface area contributed by atoms with Gasteiger partial charge in [-0.3, -0.25) is 0 Å². The summed E-state index contributed by atoms with van der Waals surface area (Å²) in [4.78, 5) is 1.78. The highest BCUT2D eigenvalue weighted by Gasteiger charge is 2.21. The molecule has 2 rings (SSSR count). The molecule has 1 aromatic heterocycles. The Bertz CT molecular complexity index is 682. The van der Waals surface area contributed by atoms with E-state index in [0.717, 1.165) is 0 Å². The maximum absolute atomic E-state index is 13.9. The van der Waals surface area contributed by atoms with Crippen molar-refractivity contribution in [2.24, 2.45) is 0 Å². The van der Waals surface area contributed by atoms with Gasteiger partial charge < -0.3 is 9.42 Å². The molecule has 0 saturated carbocycles. The van der Waals surface area contributed by atoms with Gasteiger partial charge in [0.15, 0.2) is 5.76 Å². The molecule has 0 amide bonds. The van der Waals surface area contributed by atoms with E-state index in [1.165, 1.54) is 18.2 Å². The van der Waals surface area contributed by atoms with Crippen molar-refractivity contribution in [3.8, 4) is 17.3 Å². The highest BCUT2D eigenvalue weighted by Crippen LogP contribution is 2.33. The lowest BCUT2D eigenvalue weighted by atomic mass is 10.1. The summed E-state index contributed by atoms with van der Waals surface area (Å²) >= 11 is 5.97. The molecule has 0 aliphatic rings. The summed E-state index contributed by atoms with van der Waals surface area (Å²) in [6.45, 7) is 4.00. The van der Waals surface area contributed by atoms with Gasteiger partial charge in [-0.25, -0.2) is 4.39 Å². The molecule has 0 fully saturated rings. The van der Waals surface area contributed by atoms with Crippen molar-refractivity contribution in [1.82, 2.24) is 10.1 Å². The van der Waals surface area contributed by atoms with E-state index in [1.807, 2.05) is 34.0 Å². The van der Waals surface area contributed by atoms with Gasteiger partial charge >= 0.3 is 0 Å². The second kappa shape index (κ2) is 8.20. The monoisotopic (exact) mass is 321 g/mol. The molecule has 0 unspecified atom stereocenters. The Labute approximate surface area is 134 Å². The molecule has 4 nitrogen and oxygen atoms in total. The molecule has 1 aromatic carbocycles. The van der Waals surface area contributed by atoms with Crippen molar-refractivity contribution in [3.63, 3.8) is 0 Å². The van der Waals surface area contributed by atoms with Gasteiger partial charge in [0.2, 0.25) is 0 Å². The molecule has 0 aliphatic heterocycles. The second-order valence-corrected chi connectivity index (χ2v) is 4.67. The van der Waals surface area contributed by atoms with Crippen LogP contribution in [0.3, 0.4) is 0 Å². The van der Waals surface area contributed by atoms with Crippen LogP contribution in [0.15, 0.2) is 28.9 Å². The van der Waals surface area contributed by atoms with E-state index < -0.39 is 5.82 Å². The van der Waals surface area contributed by atoms with Gasteiger partial charge in [-0.15, -0.1) is 0 Å². The third-order valence-electron chi connectivity index (χ3n) is 2.55. The number of hydrogen-bond donors (Lipinski definition) is 0. The van der Waals surface area contributed by atoms with Crippen molar-refractivity contribution in [2.45, 2.75) is 13.8 Å². The van der Waals surface area contributed by atoms with E-state index in [4.69, 9.17) is 16.1 Å². The van der Waals surface area contributed by atoms with E-state index in [1.54, 1.807) is 17.2 Å². The zero-order valence-electron chi connectivity index (χ0n) is 12.9.